The highest BCUT2D eigenvalue weighted by Crippen LogP contribution is 2.38. The summed E-state index contributed by atoms with van der Waals surface area (Å²) in [6, 6.07) is 12.8. The van der Waals surface area contributed by atoms with Gasteiger partial charge in [0.05, 0.1) is 18.2 Å². The van der Waals surface area contributed by atoms with Crippen molar-refractivity contribution in [3.63, 3.8) is 0 Å². The summed E-state index contributed by atoms with van der Waals surface area (Å²) in [4.78, 5) is 12.0. The van der Waals surface area contributed by atoms with Crippen molar-refractivity contribution in [1.82, 2.24) is 0 Å². The van der Waals surface area contributed by atoms with E-state index < -0.39 is 10.8 Å². The van der Waals surface area contributed by atoms with Gasteiger partial charge in [-0.15, -0.1) is 0 Å². The van der Waals surface area contributed by atoms with E-state index in [-0.39, 0.29) is 18.1 Å². The first-order valence-electron chi connectivity index (χ1n) is 8.40. The number of benzene rings is 2. The normalized spacial score (nSPS) is 14.3. The van der Waals surface area contributed by atoms with Crippen molar-refractivity contribution in [2.24, 2.45) is 0 Å². The number of carbonyl (C=O) groups excluding carboxylic acids is 1. The predicted molar refractivity (Wildman–Crippen MR) is 103 cm³/mol. The molecule has 0 aliphatic carbocycles. The molecule has 0 bridgehead atoms. The quantitative estimate of drug-likeness (QED) is 0.811. The molecule has 1 heterocycles. The number of hydrogen-bond acceptors (Lipinski definition) is 4. The summed E-state index contributed by atoms with van der Waals surface area (Å²) < 4.78 is 23.6. The first-order valence-corrected chi connectivity index (χ1v) is 10.3. The van der Waals surface area contributed by atoms with Gasteiger partial charge in [-0.3, -0.25) is 9.00 Å². The average molecular weight is 394 g/mol. The van der Waals surface area contributed by atoms with E-state index in [2.05, 4.69) is 5.32 Å². The van der Waals surface area contributed by atoms with Crippen molar-refractivity contribution >= 4 is 34.0 Å². The Morgan fingerprint density at radius 3 is 2.73 bits per heavy atom. The van der Waals surface area contributed by atoms with E-state index in [1.807, 2.05) is 36.4 Å². The van der Waals surface area contributed by atoms with Gasteiger partial charge < -0.3 is 14.8 Å². The number of nitrogens with one attached hydrogen (secondary N) is 1. The van der Waals surface area contributed by atoms with E-state index in [0.717, 1.165) is 17.7 Å². The lowest BCUT2D eigenvalue weighted by molar-refractivity contribution is -0.115. The highest BCUT2D eigenvalue weighted by molar-refractivity contribution is 7.84. The Balaban J connectivity index is 1.54. The van der Waals surface area contributed by atoms with Gasteiger partial charge in [-0.25, -0.2) is 0 Å². The fourth-order valence-electron chi connectivity index (χ4n) is 2.58. The van der Waals surface area contributed by atoms with Crippen LogP contribution in [0.15, 0.2) is 42.5 Å². The van der Waals surface area contributed by atoms with Crippen molar-refractivity contribution in [3.8, 4) is 11.5 Å². The summed E-state index contributed by atoms with van der Waals surface area (Å²) in [5.74, 6) is 1.57. The molecule has 0 fully saturated rings. The maximum atomic E-state index is 12.3. The Morgan fingerprint density at radius 2 is 1.92 bits per heavy atom. The van der Waals surface area contributed by atoms with E-state index in [0.29, 0.717) is 35.5 Å². The predicted octanol–water partition coefficient (Wildman–Crippen LogP) is 3.78. The van der Waals surface area contributed by atoms with Crippen LogP contribution in [0.25, 0.3) is 0 Å². The van der Waals surface area contributed by atoms with Crippen LogP contribution in [-0.4, -0.2) is 29.1 Å². The molecule has 1 amide bonds. The minimum Gasteiger partial charge on any atom is -0.489 e. The zero-order chi connectivity index (χ0) is 18.4. The zero-order valence-electron chi connectivity index (χ0n) is 14.2. The minimum absolute atomic E-state index is 0.152. The lowest BCUT2D eigenvalue weighted by Crippen LogP contribution is -2.15. The molecule has 1 unspecified atom stereocenters. The van der Waals surface area contributed by atoms with Gasteiger partial charge in [-0.05, 0) is 29.8 Å². The molecular formula is C19H20ClNO4S. The van der Waals surface area contributed by atoms with Crippen LogP contribution in [0.3, 0.4) is 0 Å². The monoisotopic (exact) mass is 393 g/mol. The third-order valence-electron chi connectivity index (χ3n) is 3.80. The van der Waals surface area contributed by atoms with E-state index in [4.69, 9.17) is 21.1 Å². The molecule has 26 heavy (non-hydrogen) atoms. The zero-order valence-corrected chi connectivity index (χ0v) is 15.8. The van der Waals surface area contributed by atoms with Crippen LogP contribution in [0.5, 0.6) is 11.5 Å². The van der Waals surface area contributed by atoms with E-state index in [9.17, 15) is 9.00 Å². The molecule has 2 aromatic rings. The molecule has 0 saturated carbocycles. The number of rotatable bonds is 6. The maximum absolute atomic E-state index is 12.3. The van der Waals surface area contributed by atoms with Crippen molar-refractivity contribution in [1.29, 1.82) is 0 Å². The third kappa shape index (κ3) is 5.22. The molecule has 1 atom stereocenters. The molecule has 0 radical (unpaired) electrons. The highest BCUT2D eigenvalue weighted by Gasteiger charge is 2.16. The van der Waals surface area contributed by atoms with E-state index in [1.54, 1.807) is 6.07 Å². The van der Waals surface area contributed by atoms with Gasteiger partial charge in [0.15, 0.2) is 11.5 Å². The summed E-state index contributed by atoms with van der Waals surface area (Å²) in [7, 11) is -1.18. The molecule has 3 rings (SSSR count). The number of para-hydroxylation sites is 1. The molecule has 5 nitrogen and oxygen atoms in total. The smallest absolute Gasteiger partial charge is 0.225 e. The Hall–Kier alpha value is -2.05. The number of hydrogen-bond donors (Lipinski definition) is 1. The highest BCUT2D eigenvalue weighted by atomic mass is 35.5. The van der Waals surface area contributed by atoms with Crippen molar-refractivity contribution in [2.75, 3.05) is 24.3 Å². The summed E-state index contributed by atoms with van der Waals surface area (Å²) >= 11 is 6.25. The Morgan fingerprint density at radius 1 is 1.15 bits per heavy atom. The van der Waals surface area contributed by atoms with Gasteiger partial charge in [0.1, 0.15) is 0 Å². The van der Waals surface area contributed by atoms with Crippen LogP contribution in [0.4, 0.5) is 5.69 Å². The lowest BCUT2D eigenvalue weighted by atomic mass is 10.2. The summed E-state index contributed by atoms with van der Waals surface area (Å²) in [6.07, 6.45) is 0.989. The molecular weight excluding hydrogens is 374 g/mol. The van der Waals surface area contributed by atoms with Crippen LogP contribution in [0, 0.1) is 0 Å². The molecule has 138 valence electrons. The minimum atomic E-state index is -1.18. The van der Waals surface area contributed by atoms with Gasteiger partial charge in [-0.2, -0.15) is 0 Å². The fourth-order valence-corrected chi connectivity index (χ4v) is 3.96. The van der Waals surface area contributed by atoms with E-state index in [1.165, 1.54) is 0 Å². The van der Waals surface area contributed by atoms with Crippen molar-refractivity contribution in [3.05, 3.63) is 53.1 Å². The molecule has 0 spiro atoms. The van der Waals surface area contributed by atoms with Crippen molar-refractivity contribution < 1.29 is 18.5 Å². The third-order valence-corrected chi connectivity index (χ3v) is 5.40. The standard InChI is InChI=1S/C19H20ClNO4S/c20-16-11-14(12-17-19(16)25-9-4-8-24-17)13-26(23)10-7-18(22)21-15-5-2-1-3-6-15/h1-3,5-6,11-12H,4,7-10,13H2,(H,21,22). The number of carbonyl (C=O) groups is 1. The van der Waals surface area contributed by atoms with Crippen LogP contribution >= 0.6 is 11.6 Å². The molecule has 7 heteroatoms. The van der Waals surface area contributed by atoms with Gasteiger partial charge >= 0.3 is 0 Å². The number of fused-ring (bicyclic) bond motifs is 1. The molecule has 1 N–H and O–H groups in total. The van der Waals surface area contributed by atoms with Crippen LogP contribution in [-0.2, 0) is 21.3 Å². The summed E-state index contributed by atoms with van der Waals surface area (Å²) in [6.45, 7) is 1.13. The fraction of sp³-hybridized carbons (Fsp3) is 0.316. The second-order valence-corrected chi connectivity index (χ2v) is 7.89. The first-order chi connectivity index (χ1) is 12.6. The molecule has 1 aliphatic rings. The Labute approximate surface area is 160 Å². The molecule has 1 aliphatic heterocycles. The Bertz CT molecular complexity index is 798. The second kappa shape index (κ2) is 9.05. The Kier molecular flexibility index (Phi) is 6.52. The van der Waals surface area contributed by atoms with E-state index >= 15 is 0 Å². The van der Waals surface area contributed by atoms with Crippen molar-refractivity contribution in [2.45, 2.75) is 18.6 Å². The topological polar surface area (TPSA) is 64.6 Å². The number of anilines is 1. The van der Waals surface area contributed by atoms with Gasteiger partial charge in [0.25, 0.3) is 0 Å². The maximum Gasteiger partial charge on any atom is 0.225 e. The second-order valence-electron chi connectivity index (χ2n) is 5.91. The van der Waals surface area contributed by atoms with Gasteiger partial charge in [-0.1, -0.05) is 29.8 Å². The lowest BCUT2D eigenvalue weighted by Gasteiger charge is -2.11. The molecule has 0 saturated heterocycles. The summed E-state index contributed by atoms with van der Waals surface area (Å²) in [5, 5.41) is 3.24. The number of amides is 1. The SMILES string of the molecule is O=C(CCS(=O)Cc1cc(Cl)c2c(c1)OCCCO2)Nc1ccccc1. The first kappa shape index (κ1) is 18.7. The molecule has 2 aromatic carbocycles. The summed E-state index contributed by atoms with van der Waals surface area (Å²) in [5.41, 5.74) is 1.54. The van der Waals surface area contributed by atoms with Gasteiger partial charge in [0.2, 0.25) is 5.91 Å². The molecule has 0 aromatic heterocycles. The van der Waals surface area contributed by atoms with Crippen LogP contribution in [0.1, 0.15) is 18.4 Å². The average Bonchev–Trinajstić information content (AvgIpc) is 2.87. The number of halogens is 1. The van der Waals surface area contributed by atoms with Gasteiger partial charge in [0, 0.05) is 40.8 Å². The largest absolute Gasteiger partial charge is 0.489 e. The van der Waals surface area contributed by atoms with Crippen LogP contribution < -0.4 is 14.8 Å². The van der Waals surface area contributed by atoms with Crippen LogP contribution in [0.2, 0.25) is 5.02 Å². The number of ether oxygens (including phenoxy) is 2.